The SMILES string of the molecule is C1=CC(N2CC3(CNC3)C2)=CCC1. The fraction of sp³-hybridized carbons (Fsp3) is 0.636. The van der Waals surface area contributed by atoms with E-state index in [0.29, 0.717) is 5.41 Å². The highest BCUT2D eigenvalue weighted by atomic mass is 15.3. The molecular weight excluding hydrogens is 160 g/mol. The first-order valence-electron chi connectivity index (χ1n) is 5.20. The number of hydrogen-bond donors (Lipinski definition) is 1. The number of allylic oxidation sites excluding steroid dienone is 3. The van der Waals surface area contributed by atoms with Crippen LogP contribution in [0.15, 0.2) is 23.9 Å². The molecule has 2 nitrogen and oxygen atoms in total. The maximum atomic E-state index is 3.36. The summed E-state index contributed by atoms with van der Waals surface area (Å²) in [5.41, 5.74) is 2.12. The van der Waals surface area contributed by atoms with Crippen molar-refractivity contribution in [2.75, 3.05) is 26.2 Å². The summed E-state index contributed by atoms with van der Waals surface area (Å²) in [7, 11) is 0. The molecule has 0 amide bonds. The smallest absolute Gasteiger partial charge is 0.0322 e. The van der Waals surface area contributed by atoms with E-state index in [1.165, 1.54) is 44.7 Å². The molecule has 0 bridgehead atoms. The van der Waals surface area contributed by atoms with Crippen molar-refractivity contribution in [3.05, 3.63) is 23.9 Å². The molecule has 0 atom stereocenters. The van der Waals surface area contributed by atoms with Gasteiger partial charge < -0.3 is 10.2 Å². The Labute approximate surface area is 79.3 Å². The van der Waals surface area contributed by atoms with Gasteiger partial charge in [0.25, 0.3) is 0 Å². The fourth-order valence-corrected chi connectivity index (χ4v) is 2.48. The van der Waals surface area contributed by atoms with Crippen LogP contribution >= 0.6 is 0 Å². The molecular formula is C11H16N2. The van der Waals surface area contributed by atoms with Gasteiger partial charge in [0.05, 0.1) is 0 Å². The molecule has 13 heavy (non-hydrogen) atoms. The van der Waals surface area contributed by atoms with E-state index in [1.54, 1.807) is 0 Å². The van der Waals surface area contributed by atoms with E-state index in [0.717, 1.165) is 0 Å². The monoisotopic (exact) mass is 176 g/mol. The molecule has 0 saturated carbocycles. The Kier molecular flexibility index (Phi) is 1.53. The minimum absolute atomic E-state index is 0.659. The number of rotatable bonds is 1. The summed E-state index contributed by atoms with van der Waals surface area (Å²) >= 11 is 0. The van der Waals surface area contributed by atoms with Gasteiger partial charge in [0.1, 0.15) is 0 Å². The van der Waals surface area contributed by atoms with Crippen molar-refractivity contribution < 1.29 is 0 Å². The minimum atomic E-state index is 0.659. The lowest BCUT2D eigenvalue weighted by Gasteiger charge is -2.57. The lowest BCUT2D eigenvalue weighted by Crippen LogP contribution is -2.70. The molecule has 2 fully saturated rings. The Bertz CT molecular complexity index is 266. The van der Waals surface area contributed by atoms with Crippen molar-refractivity contribution in [1.29, 1.82) is 0 Å². The average Bonchev–Trinajstić information content (AvgIpc) is 2.01. The molecule has 0 aromatic heterocycles. The molecule has 1 aliphatic carbocycles. The Morgan fingerprint density at radius 3 is 2.62 bits per heavy atom. The molecule has 0 aromatic rings. The third-order valence-electron chi connectivity index (χ3n) is 3.39. The predicted molar refractivity (Wildman–Crippen MR) is 53.3 cm³/mol. The van der Waals surface area contributed by atoms with Gasteiger partial charge in [0.15, 0.2) is 0 Å². The average molecular weight is 176 g/mol. The summed E-state index contributed by atoms with van der Waals surface area (Å²) in [4.78, 5) is 2.51. The van der Waals surface area contributed by atoms with E-state index in [9.17, 15) is 0 Å². The third kappa shape index (κ3) is 1.12. The lowest BCUT2D eigenvalue weighted by atomic mass is 9.74. The molecule has 3 aliphatic rings. The van der Waals surface area contributed by atoms with E-state index in [4.69, 9.17) is 0 Å². The van der Waals surface area contributed by atoms with Gasteiger partial charge in [0.2, 0.25) is 0 Å². The van der Waals surface area contributed by atoms with Crippen molar-refractivity contribution in [1.82, 2.24) is 10.2 Å². The molecule has 2 heteroatoms. The Hall–Kier alpha value is -0.760. The zero-order valence-corrected chi connectivity index (χ0v) is 7.92. The molecule has 1 spiro atoms. The zero-order chi connectivity index (χ0) is 8.73. The first-order valence-corrected chi connectivity index (χ1v) is 5.20. The second-order valence-corrected chi connectivity index (χ2v) is 4.57. The normalized spacial score (nSPS) is 29.5. The Balaban J connectivity index is 1.63. The van der Waals surface area contributed by atoms with Gasteiger partial charge in [-0.05, 0) is 18.9 Å². The van der Waals surface area contributed by atoms with Crippen molar-refractivity contribution >= 4 is 0 Å². The molecule has 0 radical (unpaired) electrons. The van der Waals surface area contributed by atoms with Gasteiger partial charge in [-0.15, -0.1) is 0 Å². The molecule has 2 saturated heterocycles. The Morgan fingerprint density at radius 1 is 1.23 bits per heavy atom. The quantitative estimate of drug-likeness (QED) is 0.644. The maximum Gasteiger partial charge on any atom is 0.0322 e. The summed E-state index contributed by atoms with van der Waals surface area (Å²) in [6, 6.07) is 0. The summed E-state index contributed by atoms with van der Waals surface area (Å²) in [6.07, 6.45) is 9.40. The van der Waals surface area contributed by atoms with Crippen molar-refractivity contribution in [2.45, 2.75) is 12.8 Å². The van der Waals surface area contributed by atoms with Crippen LogP contribution in [0.2, 0.25) is 0 Å². The van der Waals surface area contributed by atoms with Crippen LogP contribution in [0.5, 0.6) is 0 Å². The topological polar surface area (TPSA) is 15.3 Å². The number of nitrogens with one attached hydrogen (secondary N) is 1. The van der Waals surface area contributed by atoms with E-state index in [2.05, 4.69) is 28.4 Å². The van der Waals surface area contributed by atoms with Crippen LogP contribution in [0.25, 0.3) is 0 Å². The van der Waals surface area contributed by atoms with E-state index in [1.807, 2.05) is 0 Å². The molecule has 2 aliphatic heterocycles. The number of nitrogens with zero attached hydrogens (tertiary/aromatic N) is 1. The largest absolute Gasteiger partial charge is 0.370 e. The van der Waals surface area contributed by atoms with E-state index >= 15 is 0 Å². The number of hydrogen-bond acceptors (Lipinski definition) is 2. The van der Waals surface area contributed by atoms with Crippen LogP contribution in [-0.4, -0.2) is 31.1 Å². The maximum absolute atomic E-state index is 3.36. The van der Waals surface area contributed by atoms with Gasteiger partial charge in [-0.3, -0.25) is 0 Å². The van der Waals surface area contributed by atoms with Crippen molar-refractivity contribution in [2.24, 2.45) is 5.41 Å². The van der Waals surface area contributed by atoms with Gasteiger partial charge in [-0.2, -0.15) is 0 Å². The molecule has 70 valence electrons. The molecule has 1 N–H and O–H groups in total. The van der Waals surface area contributed by atoms with Gasteiger partial charge in [0, 0.05) is 37.3 Å². The van der Waals surface area contributed by atoms with Crippen LogP contribution in [0.4, 0.5) is 0 Å². The summed E-state index contributed by atoms with van der Waals surface area (Å²) in [6.45, 7) is 5.02. The predicted octanol–water partition coefficient (Wildman–Crippen LogP) is 1.13. The Morgan fingerprint density at radius 2 is 2.08 bits per heavy atom. The zero-order valence-electron chi connectivity index (χ0n) is 7.92. The van der Waals surface area contributed by atoms with Crippen LogP contribution in [0.1, 0.15) is 12.8 Å². The van der Waals surface area contributed by atoms with Crippen molar-refractivity contribution in [3.8, 4) is 0 Å². The van der Waals surface area contributed by atoms with E-state index in [-0.39, 0.29) is 0 Å². The van der Waals surface area contributed by atoms with Crippen LogP contribution in [0.3, 0.4) is 0 Å². The second kappa shape index (κ2) is 2.61. The summed E-state index contributed by atoms with van der Waals surface area (Å²) in [5.74, 6) is 0. The highest BCUT2D eigenvalue weighted by Gasteiger charge is 2.47. The highest BCUT2D eigenvalue weighted by molar-refractivity contribution is 5.25. The molecule has 0 aromatic carbocycles. The summed E-state index contributed by atoms with van der Waals surface area (Å²) < 4.78 is 0. The lowest BCUT2D eigenvalue weighted by molar-refractivity contribution is -0.0141. The molecule has 2 heterocycles. The molecule has 3 rings (SSSR count). The molecule has 0 unspecified atom stereocenters. The van der Waals surface area contributed by atoms with Crippen LogP contribution in [-0.2, 0) is 0 Å². The first-order chi connectivity index (χ1) is 6.38. The van der Waals surface area contributed by atoms with Gasteiger partial charge >= 0.3 is 0 Å². The van der Waals surface area contributed by atoms with Gasteiger partial charge in [-0.1, -0.05) is 12.2 Å². The number of likely N-dealkylation sites (tertiary alicyclic amines) is 1. The van der Waals surface area contributed by atoms with E-state index < -0.39 is 0 Å². The standard InChI is InChI=1S/C11H16N2/c1-2-4-10(5-3-1)13-8-11(9-13)6-12-7-11/h2,4-5,12H,1,3,6-9H2. The van der Waals surface area contributed by atoms with Gasteiger partial charge in [-0.25, -0.2) is 0 Å². The minimum Gasteiger partial charge on any atom is -0.370 e. The van der Waals surface area contributed by atoms with Crippen molar-refractivity contribution in [3.63, 3.8) is 0 Å². The fourth-order valence-electron chi connectivity index (χ4n) is 2.48. The first kappa shape index (κ1) is 7.63. The second-order valence-electron chi connectivity index (χ2n) is 4.57. The van der Waals surface area contributed by atoms with Crippen LogP contribution < -0.4 is 5.32 Å². The van der Waals surface area contributed by atoms with Crippen LogP contribution in [0, 0.1) is 5.41 Å². The summed E-state index contributed by atoms with van der Waals surface area (Å²) in [5, 5.41) is 3.36. The highest BCUT2D eigenvalue weighted by Crippen LogP contribution is 2.37. The third-order valence-corrected chi connectivity index (χ3v) is 3.39.